The molecule has 0 amide bonds. The summed E-state index contributed by atoms with van der Waals surface area (Å²) in [6.07, 6.45) is 7.03. The van der Waals surface area contributed by atoms with Crippen LogP contribution in [0.25, 0.3) is 11.6 Å². The first-order chi connectivity index (χ1) is 16.6. The van der Waals surface area contributed by atoms with Crippen molar-refractivity contribution in [2.45, 2.75) is 25.3 Å². The van der Waals surface area contributed by atoms with Crippen LogP contribution in [-0.4, -0.2) is 34.9 Å². The fourth-order valence-electron chi connectivity index (χ4n) is 3.95. The SMILES string of the molecule is C=C(COc1ccccc1)C1=CCB(O)OC1CC/C(=C/c1ccccc1O)c1ccccn1. The Labute approximate surface area is 200 Å². The molecule has 5 nitrogen and oxygen atoms in total. The number of benzene rings is 2. The molecule has 0 aliphatic carbocycles. The minimum atomic E-state index is -0.850. The smallest absolute Gasteiger partial charge is 0.458 e. The first kappa shape index (κ1) is 23.5. The van der Waals surface area contributed by atoms with E-state index in [2.05, 4.69) is 11.6 Å². The van der Waals surface area contributed by atoms with Crippen LogP contribution in [0.15, 0.2) is 103 Å². The van der Waals surface area contributed by atoms with Gasteiger partial charge in [-0.3, -0.25) is 4.98 Å². The fourth-order valence-corrected chi connectivity index (χ4v) is 3.95. The van der Waals surface area contributed by atoms with Crippen LogP contribution in [0, 0.1) is 0 Å². The van der Waals surface area contributed by atoms with Crippen molar-refractivity contribution < 1.29 is 19.5 Å². The topological polar surface area (TPSA) is 71.8 Å². The van der Waals surface area contributed by atoms with E-state index in [9.17, 15) is 10.1 Å². The number of hydrogen-bond donors (Lipinski definition) is 2. The molecule has 0 fully saturated rings. The van der Waals surface area contributed by atoms with E-state index in [4.69, 9.17) is 9.39 Å². The summed E-state index contributed by atoms with van der Waals surface area (Å²) in [5.41, 5.74) is 4.30. The molecule has 2 N–H and O–H groups in total. The minimum Gasteiger partial charge on any atom is -0.507 e. The average molecular weight is 453 g/mol. The number of rotatable bonds is 9. The number of hydrogen-bond acceptors (Lipinski definition) is 5. The van der Waals surface area contributed by atoms with Crippen molar-refractivity contribution in [2.75, 3.05) is 6.61 Å². The highest BCUT2D eigenvalue weighted by Gasteiger charge is 2.28. The standard InChI is InChI=1S/C28H28BNO4/c1-21(20-33-24-10-3-2-4-11-24)25-16-17-29(32)34-28(25)15-14-22(26-12-7-8-18-30-26)19-23-9-5-6-13-27(23)31/h2-13,16,18-19,28,31-32H,1,14-15,17,20H2/b22-19-. The molecule has 34 heavy (non-hydrogen) atoms. The van der Waals surface area contributed by atoms with E-state index >= 15 is 0 Å². The second-order valence-electron chi connectivity index (χ2n) is 8.16. The highest BCUT2D eigenvalue weighted by atomic mass is 16.5. The van der Waals surface area contributed by atoms with Gasteiger partial charge in [0.1, 0.15) is 18.1 Å². The van der Waals surface area contributed by atoms with Crippen molar-refractivity contribution in [3.8, 4) is 11.5 Å². The van der Waals surface area contributed by atoms with Gasteiger partial charge in [-0.15, -0.1) is 0 Å². The van der Waals surface area contributed by atoms with E-state index in [0.29, 0.717) is 25.8 Å². The van der Waals surface area contributed by atoms with Crippen molar-refractivity contribution in [1.82, 2.24) is 4.98 Å². The molecule has 1 unspecified atom stereocenters. The van der Waals surface area contributed by atoms with Crippen LogP contribution in [0.5, 0.6) is 11.5 Å². The Hall–Kier alpha value is -3.61. The molecular weight excluding hydrogens is 425 g/mol. The molecule has 0 bridgehead atoms. The molecule has 2 aromatic carbocycles. The fraction of sp³-hybridized carbons (Fsp3) is 0.179. The molecular formula is C28H28BNO4. The van der Waals surface area contributed by atoms with Gasteiger partial charge in [0, 0.05) is 18.1 Å². The predicted octanol–water partition coefficient (Wildman–Crippen LogP) is 5.55. The lowest BCUT2D eigenvalue weighted by atomic mass is 9.78. The number of allylic oxidation sites excluding steroid dienone is 2. The van der Waals surface area contributed by atoms with Crippen LogP contribution in [0.2, 0.25) is 6.32 Å². The van der Waals surface area contributed by atoms with Crippen LogP contribution in [0.4, 0.5) is 0 Å². The summed E-state index contributed by atoms with van der Waals surface area (Å²) < 4.78 is 11.8. The van der Waals surface area contributed by atoms with Crippen molar-refractivity contribution >= 4 is 18.8 Å². The molecule has 3 aromatic rings. The van der Waals surface area contributed by atoms with Gasteiger partial charge in [0.2, 0.25) is 0 Å². The summed E-state index contributed by atoms with van der Waals surface area (Å²) in [6, 6.07) is 22.6. The lowest BCUT2D eigenvalue weighted by molar-refractivity contribution is 0.182. The normalized spacial score (nSPS) is 16.1. The molecule has 1 atom stereocenters. The summed E-state index contributed by atoms with van der Waals surface area (Å²) in [4.78, 5) is 4.51. The van der Waals surface area contributed by atoms with Crippen molar-refractivity contribution in [1.29, 1.82) is 0 Å². The van der Waals surface area contributed by atoms with Gasteiger partial charge in [0.05, 0.1) is 11.8 Å². The van der Waals surface area contributed by atoms with Crippen LogP contribution < -0.4 is 4.74 Å². The van der Waals surface area contributed by atoms with E-state index < -0.39 is 7.12 Å². The molecule has 1 aliphatic rings. The summed E-state index contributed by atoms with van der Waals surface area (Å²) in [7, 11) is -0.850. The number of phenolic OH excluding ortho intramolecular Hbond substituents is 1. The number of phenols is 1. The van der Waals surface area contributed by atoms with Gasteiger partial charge in [0.25, 0.3) is 0 Å². The summed E-state index contributed by atoms with van der Waals surface area (Å²) in [5.74, 6) is 0.993. The summed E-state index contributed by atoms with van der Waals surface area (Å²) >= 11 is 0. The van der Waals surface area contributed by atoms with Gasteiger partial charge in [-0.1, -0.05) is 55.1 Å². The Balaban J connectivity index is 1.50. The Kier molecular flexibility index (Phi) is 7.97. The monoisotopic (exact) mass is 453 g/mol. The van der Waals surface area contributed by atoms with Gasteiger partial charge in [-0.05, 0) is 66.0 Å². The quantitative estimate of drug-likeness (QED) is 0.416. The van der Waals surface area contributed by atoms with Gasteiger partial charge in [0.15, 0.2) is 0 Å². The first-order valence-electron chi connectivity index (χ1n) is 11.4. The molecule has 172 valence electrons. The maximum Gasteiger partial charge on any atom is 0.458 e. The van der Waals surface area contributed by atoms with Crippen LogP contribution in [0.1, 0.15) is 24.1 Å². The maximum atomic E-state index is 10.3. The van der Waals surface area contributed by atoms with E-state index in [-0.39, 0.29) is 11.9 Å². The average Bonchev–Trinajstić information content (AvgIpc) is 2.87. The zero-order valence-electron chi connectivity index (χ0n) is 19.0. The summed E-state index contributed by atoms with van der Waals surface area (Å²) in [6.45, 7) is 4.56. The number of aromatic nitrogens is 1. The Bertz CT molecular complexity index is 1160. The lowest BCUT2D eigenvalue weighted by Crippen LogP contribution is -2.32. The second kappa shape index (κ2) is 11.5. The second-order valence-corrected chi connectivity index (χ2v) is 8.16. The third-order valence-electron chi connectivity index (χ3n) is 5.71. The third kappa shape index (κ3) is 6.25. The Morgan fingerprint density at radius 3 is 2.62 bits per heavy atom. The molecule has 6 heteroatoms. The molecule has 0 spiro atoms. The number of para-hydroxylation sites is 2. The minimum absolute atomic E-state index is 0.215. The van der Waals surface area contributed by atoms with Crippen LogP contribution in [-0.2, 0) is 4.65 Å². The Morgan fingerprint density at radius 1 is 1.09 bits per heavy atom. The number of pyridine rings is 1. The van der Waals surface area contributed by atoms with Gasteiger partial charge < -0.3 is 19.5 Å². The Morgan fingerprint density at radius 2 is 1.85 bits per heavy atom. The first-order valence-corrected chi connectivity index (χ1v) is 11.4. The molecule has 0 radical (unpaired) electrons. The van der Waals surface area contributed by atoms with E-state index in [0.717, 1.165) is 33.7 Å². The van der Waals surface area contributed by atoms with Crippen molar-refractivity contribution in [2.24, 2.45) is 0 Å². The zero-order chi connectivity index (χ0) is 23.8. The van der Waals surface area contributed by atoms with Crippen LogP contribution in [0.3, 0.4) is 0 Å². The zero-order valence-corrected chi connectivity index (χ0v) is 19.0. The van der Waals surface area contributed by atoms with E-state index in [1.165, 1.54) is 0 Å². The third-order valence-corrected chi connectivity index (χ3v) is 5.71. The lowest BCUT2D eigenvalue weighted by Gasteiger charge is -2.28. The molecule has 2 heterocycles. The maximum absolute atomic E-state index is 10.3. The van der Waals surface area contributed by atoms with Gasteiger partial charge >= 0.3 is 7.12 Å². The van der Waals surface area contributed by atoms with Gasteiger partial charge in [-0.25, -0.2) is 0 Å². The molecule has 1 aliphatic heterocycles. The molecule has 4 rings (SSSR count). The van der Waals surface area contributed by atoms with Crippen molar-refractivity contribution in [3.05, 3.63) is 114 Å². The highest BCUT2D eigenvalue weighted by Crippen LogP contribution is 2.31. The number of aromatic hydroxyl groups is 1. The van der Waals surface area contributed by atoms with E-state index in [1.807, 2.05) is 72.8 Å². The predicted molar refractivity (Wildman–Crippen MR) is 136 cm³/mol. The summed E-state index contributed by atoms with van der Waals surface area (Å²) in [5, 5.41) is 20.4. The van der Waals surface area contributed by atoms with E-state index in [1.54, 1.807) is 18.3 Å². The number of ether oxygens (including phenoxy) is 1. The van der Waals surface area contributed by atoms with Gasteiger partial charge in [-0.2, -0.15) is 0 Å². The van der Waals surface area contributed by atoms with Crippen LogP contribution >= 0.6 is 0 Å². The largest absolute Gasteiger partial charge is 0.507 e. The molecule has 0 saturated carbocycles. The van der Waals surface area contributed by atoms with Crippen molar-refractivity contribution in [3.63, 3.8) is 0 Å². The number of nitrogens with zero attached hydrogens (tertiary/aromatic N) is 1. The molecule has 0 saturated heterocycles. The highest BCUT2D eigenvalue weighted by molar-refractivity contribution is 6.43. The molecule has 1 aromatic heterocycles.